The number of anilines is 1. The number of nitrogens with one attached hydrogen (secondary N) is 1. The highest BCUT2D eigenvalue weighted by Crippen LogP contribution is 2.37. The first-order valence-corrected chi connectivity index (χ1v) is 6.55. The Labute approximate surface area is 109 Å². The van der Waals surface area contributed by atoms with Gasteiger partial charge in [-0.3, -0.25) is 4.68 Å². The molecule has 1 unspecified atom stereocenters. The molecule has 1 aromatic carbocycles. The summed E-state index contributed by atoms with van der Waals surface area (Å²) in [6.45, 7) is 1.02. The van der Waals surface area contributed by atoms with Crippen LogP contribution in [0, 0.1) is 0 Å². The molecule has 0 saturated heterocycles. The van der Waals surface area contributed by atoms with Gasteiger partial charge < -0.3 is 5.32 Å². The standard InChI is InChI=1S/C13H14BrN3/c1-17-8-9(7-16-17)11-4-5-15-13-6-10(14)2-3-12(11)13/h2-3,6-8,11,15H,4-5H2,1H3. The summed E-state index contributed by atoms with van der Waals surface area (Å²) in [5.41, 5.74) is 3.91. The van der Waals surface area contributed by atoms with Crippen molar-refractivity contribution in [1.82, 2.24) is 9.78 Å². The fourth-order valence-electron chi connectivity index (χ4n) is 2.46. The molecular formula is C13H14BrN3. The van der Waals surface area contributed by atoms with Crippen LogP contribution in [-0.2, 0) is 7.05 Å². The number of hydrogen-bond acceptors (Lipinski definition) is 2. The zero-order valence-electron chi connectivity index (χ0n) is 9.65. The first-order chi connectivity index (χ1) is 8.24. The van der Waals surface area contributed by atoms with Crippen molar-refractivity contribution in [2.75, 3.05) is 11.9 Å². The third-order valence-electron chi connectivity index (χ3n) is 3.27. The monoisotopic (exact) mass is 291 g/mol. The van der Waals surface area contributed by atoms with Gasteiger partial charge in [-0.15, -0.1) is 0 Å². The van der Waals surface area contributed by atoms with Gasteiger partial charge in [-0.05, 0) is 29.7 Å². The predicted octanol–water partition coefficient (Wildman–Crippen LogP) is 3.13. The summed E-state index contributed by atoms with van der Waals surface area (Å²) in [6, 6.07) is 6.45. The molecule has 0 aliphatic carbocycles. The molecule has 1 aromatic heterocycles. The highest BCUT2D eigenvalue weighted by molar-refractivity contribution is 9.10. The van der Waals surface area contributed by atoms with Crippen LogP contribution in [0.2, 0.25) is 0 Å². The van der Waals surface area contributed by atoms with E-state index < -0.39 is 0 Å². The number of nitrogens with zero attached hydrogens (tertiary/aromatic N) is 2. The Morgan fingerprint density at radius 2 is 2.35 bits per heavy atom. The van der Waals surface area contributed by atoms with E-state index in [1.165, 1.54) is 16.8 Å². The van der Waals surface area contributed by atoms with Crippen LogP contribution >= 0.6 is 15.9 Å². The largest absolute Gasteiger partial charge is 0.385 e. The number of aryl methyl sites for hydroxylation is 1. The molecule has 0 bridgehead atoms. The molecule has 3 nitrogen and oxygen atoms in total. The molecule has 0 radical (unpaired) electrons. The van der Waals surface area contributed by atoms with Crippen LogP contribution in [-0.4, -0.2) is 16.3 Å². The second-order valence-corrected chi connectivity index (χ2v) is 5.36. The lowest BCUT2D eigenvalue weighted by Gasteiger charge is -2.26. The fourth-order valence-corrected chi connectivity index (χ4v) is 2.82. The maximum Gasteiger partial charge on any atom is 0.0527 e. The zero-order chi connectivity index (χ0) is 11.8. The molecule has 1 aliphatic heterocycles. The van der Waals surface area contributed by atoms with E-state index in [4.69, 9.17) is 0 Å². The minimum absolute atomic E-state index is 0.466. The normalized spacial score (nSPS) is 18.6. The molecule has 1 atom stereocenters. The number of rotatable bonds is 1. The van der Waals surface area contributed by atoms with Crippen molar-refractivity contribution in [3.8, 4) is 0 Å². The van der Waals surface area contributed by atoms with E-state index in [1.807, 2.05) is 17.9 Å². The molecule has 17 heavy (non-hydrogen) atoms. The van der Waals surface area contributed by atoms with Crippen molar-refractivity contribution in [3.63, 3.8) is 0 Å². The van der Waals surface area contributed by atoms with E-state index in [0.717, 1.165) is 17.4 Å². The lowest BCUT2D eigenvalue weighted by molar-refractivity contribution is 0.716. The Bertz CT molecular complexity index is 547. The maximum atomic E-state index is 4.27. The van der Waals surface area contributed by atoms with Gasteiger partial charge in [-0.2, -0.15) is 5.10 Å². The molecule has 3 rings (SSSR count). The van der Waals surface area contributed by atoms with Crippen molar-refractivity contribution >= 4 is 21.6 Å². The van der Waals surface area contributed by atoms with Crippen molar-refractivity contribution in [2.45, 2.75) is 12.3 Å². The molecule has 0 fully saturated rings. The van der Waals surface area contributed by atoms with Crippen LogP contribution in [0.4, 0.5) is 5.69 Å². The van der Waals surface area contributed by atoms with E-state index in [2.05, 4.69) is 50.7 Å². The number of benzene rings is 1. The molecule has 88 valence electrons. The van der Waals surface area contributed by atoms with Crippen LogP contribution in [0.25, 0.3) is 0 Å². The summed E-state index contributed by atoms with van der Waals surface area (Å²) in [4.78, 5) is 0. The first-order valence-electron chi connectivity index (χ1n) is 5.76. The van der Waals surface area contributed by atoms with Crippen molar-refractivity contribution in [1.29, 1.82) is 0 Å². The van der Waals surface area contributed by atoms with E-state index in [1.54, 1.807) is 0 Å². The third-order valence-corrected chi connectivity index (χ3v) is 3.76. The van der Waals surface area contributed by atoms with E-state index in [0.29, 0.717) is 5.92 Å². The van der Waals surface area contributed by atoms with Gasteiger partial charge in [0.2, 0.25) is 0 Å². The quantitative estimate of drug-likeness (QED) is 0.875. The lowest BCUT2D eigenvalue weighted by Crippen LogP contribution is -2.17. The Balaban J connectivity index is 2.05. The second-order valence-electron chi connectivity index (χ2n) is 4.45. The number of fused-ring (bicyclic) bond motifs is 1. The number of halogens is 1. The summed E-state index contributed by atoms with van der Waals surface area (Å²) >= 11 is 3.51. The smallest absolute Gasteiger partial charge is 0.0527 e. The summed E-state index contributed by atoms with van der Waals surface area (Å²) in [6.07, 6.45) is 5.21. The van der Waals surface area contributed by atoms with Gasteiger partial charge in [0.1, 0.15) is 0 Å². The Morgan fingerprint density at radius 1 is 1.47 bits per heavy atom. The van der Waals surface area contributed by atoms with Gasteiger partial charge in [-0.25, -0.2) is 0 Å². The molecule has 0 saturated carbocycles. The van der Waals surface area contributed by atoms with Crippen molar-refractivity contribution in [2.24, 2.45) is 7.05 Å². The van der Waals surface area contributed by atoms with Gasteiger partial charge in [0.25, 0.3) is 0 Å². The zero-order valence-corrected chi connectivity index (χ0v) is 11.2. The SMILES string of the molecule is Cn1cc(C2CCNc3cc(Br)ccc32)cn1. The van der Waals surface area contributed by atoms with E-state index >= 15 is 0 Å². The number of hydrogen-bond donors (Lipinski definition) is 1. The molecule has 0 amide bonds. The third kappa shape index (κ3) is 1.97. The van der Waals surface area contributed by atoms with Gasteiger partial charge in [0, 0.05) is 35.9 Å². The van der Waals surface area contributed by atoms with Crippen molar-refractivity contribution < 1.29 is 0 Å². The highest BCUT2D eigenvalue weighted by atomic mass is 79.9. The Kier molecular flexibility index (Phi) is 2.67. The minimum atomic E-state index is 0.466. The molecule has 2 aromatic rings. The highest BCUT2D eigenvalue weighted by Gasteiger charge is 2.22. The summed E-state index contributed by atoms with van der Waals surface area (Å²) in [7, 11) is 1.97. The van der Waals surface area contributed by atoms with Crippen LogP contribution in [0.3, 0.4) is 0 Å². The maximum absolute atomic E-state index is 4.27. The molecule has 0 spiro atoms. The van der Waals surface area contributed by atoms with Gasteiger partial charge in [0.05, 0.1) is 6.20 Å². The molecule has 2 heterocycles. The van der Waals surface area contributed by atoms with Crippen molar-refractivity contribution in [3.05, 3.63) is 46.2 Å². The van der Waals surface area contributed by atoms with Gasteiger partial charge in [-0.1, -0.05) is 22.0 Å². The van der Waals surface area contributed by atoms with Gasteiger partial charge >= 0.3 is 0 Å². The second kappa shape index (κ2) is 4.18. The van der Waals surface area contributed by atoms with E-state index in [9.17, 15) is 0 Å². The molecule has 1 aliphatic rings. The number of aromatic nitrogens is 2. The Hall–Kier alpha value is -1.29. The van der Waals surface area contributed by atoms with Crippen LogP contribution < -0.4 is 5.32 Å². The topological polar surface area (TPSA) is 29.9 Å². The fraction of sp³-hybridized carbons (Fsp3) is 0.308. The summed E-state index contributed by atoms with van der Waals surface area (Å²) < 4.78 is 2.99. The average Bonchev–Trinajstić information content (AvgIpc) is 2.74. The average molecular weight is 292 g/mol. The predicted molar refractivity (Wildman–Crippen MR) is 72.3 cm³/mol. The van der Waals surface area contributed by atoms with Crippen LogP contribution in [0.1, 0.15) is 23.5 Å². The van der Waals surface area contributed by atoms with Crippen LogP contribution in [0.5, 0.6) is 0 Å². The molecule has 1 N–H and O–H groups in total. The lowest BCUT2D eigenvalue weighted by atomic mass is 9.87. The molecule has 4 heteroatoms. The molecular weight excluding hydrogens is 278 g/mol. The minimum Gasteiger partial charge on any atom is -0.385 e. The first kappa shape index (κ1) is 10.8. The van der Waals surface area contributed by atoms with Crippen LogP contribution in [0.15, 0.2) is 35.1 Å². The van der Waals surface area contributed by atoms with Gasteiger partial charge in [0.15, 0.2) is 0 Å². The summed E-state index contributed by atoms with van der Waals surface area (Å²) in [5.74, 6) is 0.466. The summed E-state index contributed by atoms with van der Waals surface area (Å²) in [5, 5.41) is 7.72. The van der Waals surface area contributed by atoms with E-state index in [-0.39, 0.29) is 0 Å². The Morgan fingerprint density at radius 3 is 3.12 bits per heavy atom.